The molecule has 0 unspecified atom stereocenters. The van der Waals surface area contributed by atoms with Crippen LogP contribution in [0, 0.1) is 5.92 Å². The molecule has 1 heterocycles. The van der Waals surface area contributed by atoms with Crippen LogP contribution in [-0.2, 0) is 0 Å². The van der Waals surface area contributed by atoms with Gasteiger partial charge in [-0.15, -0.1) is 0 Å². The van der Waals surface area contributed by atoms with Crippen molar-refractivity contribution >= 4 is 5.69 Å². The van der Waals surface area contributed by atoms with Crippen molar-refractivity contribution in [3.8, 4) is 0 Å². The summed E-state index contributed by atoms with van der Waals surface area (Å²) in [6.07, 6.45) is 2.75. The molecule has 0 amide bonds. The molecule has 3 N–H and O–H groups in total. The van der Waals surface area contributed by atoms with E-state index in [1.54, 1.807) is 0 Å². The van der Waals surface area contributed by atoms with Crippen LogP contribution in [-0.4, -0.2) is 13.1 Å². The topological polar surface area (TPSA) is 38.0 Å². The SMILES string of the molecule is CC1CCNCC1.Nc1ccccc1. The summed E-state index contributed by atoms with van der Waals surface area (Å²) >= 11 is 0. The highest BCUT2D eigenvalue weighted by Crippen LogP contribution is 2.08. The summed E-state index contributed by atoms with van der Waals surface area (Å²) in [7, 11) is 0. The van der Waals surface area contributed by atoms with Crippen LogP contribution in [0.3, 0.4) is 0 Å². The van der Waals surface area contributed by atoms with Crippen molar-refractivity contribution in [2.24, 2.45) is 5.92 Å². The van der Waals surface area contributed by atoms with Crippen LogP contribution in [0.25, 0.3) is 0 Å². The lowest BCUT2D eigenvalue weighted by molar-refractivity contribution is 0.402. The van der Waals surface area contributed by atoms with Crippen LogP contribution in [0.1, 0.15) is 19.8 Å². The quantitative estimate of drug-likeness (QED) is 0.619. The second-order valence-corrected chi connectivity index (χ2v) is 3.84. The van der Waals surface area contributed by atoms with Crippen LogP contribution in [0.5, 0.6) is 0 Å². The van der Waals surface area contributed by atoms with Crippen molar-refractivity contribution in [2.45, 2.75) is 19.8 Å². The minimum atomic E-state index is 0.822. The first-order valence-electron chi connectivity index (χ1n) is 5.30. The van der Waals surface area contributed by atoms with Gasteiger partial charge in [-0.1, -0.05) is 25.1 Å². The standard InChI is InChI=1S/C6H13N.C6H7N/c1-6-2-4-7-5-3-6;7-6-4-2-1-3-5-6/h6-7H,2-5H2,1H3;1-5H,7H2. The van der Waals surface area contributed by atoms with Crippen molar-refractivity contribution in [3.05, 3.63) is 30.3 Å². The molecule has 1 aromatic carbocycles. The predicted octanol–water partition coefficient (Wildman–Crippen LogP) is 2.27. The van der Waals surface area contributed by atoms with Crippen LogP contribution >= 0.6 is 0 Å². The number of rotatable bonds is 0. The van der Waals surface area contributed by atoms with Crippen molar-refractivity contribution in [3.63, 3.8) is 0 Å². The second kappa shape index (κ2) is 6.44. The van der Waals surface area contributed by atoms with E-state index in [9.17, 15) is 0 Å². The molecule has 1 aliphatic heterocycles. The molecule has 0 radical (unpaired) electrons. The number of hydrogen-bond acceptors (Lipinski definition) is 2. The highest BCUT2D eigenvalue weighted by Gasteiger charge is 2.04. The summed E-state index contributed by atoms with van der Waals surface area (Å²) in [5.74, 6) is 0.973. The van der Waals surface area contributed by atoms with Crippen LogP contribution in [0.15, 0.2) is 30.3 Å². The summed E-state index contributed by atoms with van der Waals surface area (Å²) in [6.45, 7) is 4.79. The molecule has 0 bridgehead atoms. The van der Waals surface area contributed by atoms with E-state index >= 15 is 0 Å². The fraction of sp³-hybridized carbons (Fsp3) is 0.500. The number of anilines is 1. The average molecular weight is 192 g/mol. The Hall–Kier alpha value is -1.02. The number of para-hydroxylation sites is 1. The number of nitrogens with one attached hydrogen (secondary N) is 1. The minimum absolute atomic E-state index is 0.822. The molecule has 1 saturated heterocycles. The molecule has 0 aliphatic carbocycles. The van der Waals surface area contributed by atoms with E-state index in [0.717, 1.165) is 11.6 Å². The first-order chi connectivity index (χ1) is 6.79. The van der Waals surface area contributed by atoms with E-state index < -0.39 is 0 Å². The van der Waals surface area contributed by atoms with Crippen LogP contribution in [0.2, 0.25) is 0 Å². The third-order valence-electron chi connectivity index (χ3n) is 2.43. The Labute approximate surface area is 86.5 Å². The molecule has 14 heavy (non-hydrogen) atoms. The van der Waals surface area contributed by atoms with Gasteiger partial charge in [0, 0.05) is 5.69 Å². The molecule has 2 nitrogen and oxygen atoms in total. The maximum Gasteiger partial charge on any atom is 0.0313 e. The van der Waals surface area contributed by atoms with Gasteiger partial charge in [-0.25, -0.2) is 0 Å². The van der Waals surface area contributed by atoms with Gasteiger partial charge in [-0.3, -0.25) is 0 Å². The van der Waals surface area contributed by atoms with Gasteiger partial charge in [0.1, 0.15) is 0 Å². The van der Waals surface area contributed by atoms with Gasteiger partial charge in [0.15, 0.2) is 0 Å². The molecule has 1 aromatic rings. The zero-order valence-corrected chi connectivity index (χ0v) is 8.87. The normalized spacial score (nSPS) is 16.9. The van der Waals surface area contributed by atoms with Crippen LogP contribution in [0.4, 0.5) is 5.69 Å². The summed E-state index contributed by atoms with van der Waals surface area (Å²) in [5.41, 5.74) is 6.18. The van der Waals surface area contributed by atoms with Crippen molar-refractivity contribution < 1.29 is 0 Å². The smallest absolute Gasteiger partial charge is 0.0313 e. The van der Waals surface area contributed by atoms with Crippen LogP contribution < -0.4 is 11.1 Å². The van der Waals surface area contributed by atoms with Gasteiger partial charge in [0.05, 0.1) is 0 Å². The molecule has 1 aliphatic rings. The molecule has 2 rings (SSSR count). The van der Waals surface area contributed by atoms with Gasteiger partial charge in [-0.2, -0.15) is 0 Å². The Morgan fingerprint density at radius 1 is 1.14 bits per heavy atom. The van der Waals surface area contributed by atoms with Gasteiger partial charge < -0.3 is 11.1 Å². The number of nitrogen functional groups attached to an aromatic ring is 1. The van der Waals surface area contributed by atoms with Gasteiger partial charge in [0.25, 0.3) is 0 Å². The highest BCUT2D eigenvalue weighted by atomic mass is 14.9. The Kier molecular flexibility index (Phi) is 5.08. The Morgan fingerprint density at radius 3 is 2.00 bits per heavy atom. The van der Waals surface area contributed by atoms with E-state index in [4.69, 9.17) is 5.73 Å². The Balaban J connectivity index is 0.000000140. The largest absolute Gasteiger partial charge is 0.399 e. The maximum absolute atomic E-state index is 5.36. The summed E-state index contributed by atoms with van der Waals surface area (Å²) in [4.78, 5) is 0. The average Bonchev–Trinajstić information content (AvgIpc) is 2.21. The summed E-state index contributed by atoms with van der Waals surface area (Å²) < 4.78 is 0. The predicted molar refractivity (Wildman–Crippen MR) is 62.1 cm³/mol. The number of hydrogen-bond donors (Lipinski definition) is 2. The second-order valence-electron chi connectivity index (χ2n) is 3.84. The van der Waals surface area contributed by atoms with Gasteiger partial charge in [0.2, 0.25) is 0 Å². The number of benzene rings is 1. The van der Waals surface area contributed by atoms with Gasteiger partial charge >= 0.3 is 0 Å². The van der Waals surface area contributed by atoms with E-state index in [1.165, 1.54) is 25.9 Å². The Morgan fingerprint density at radius 2 is 1.71 bits per heavy atom. The van der Waals surface area contributed by atoms with E-state index in [-0.39, 0.29) is 0 Å². The molecule has 2 heteroatoms. The minimum Gasteiger partial charge on any atom is -0.399 e. The number of nitrogens with two attached hydrogens (primary N) is 1. The molecule has 1 fully saturated rings. The fourth-order valence-electron chi connectivity index (χ4n) is 1.42. The molecule has 0 aromatic heterocycles. The molecule has 0 atom stereocenters. The highest BCUT2D eigenvalue weighted by molar-refractivity contribution is 5.35. The van der Waals surface area contributed by atoms with Crippen molar-refractivity contribution in [1.82, 2.24) is 5.32 Å². The molecule has 78 valence electrons. The molecular weight excluding hydrogens is 172 g/mol. The maximum atomic E-state index is 5.36. The third-order valence-corrected chi connectivity index (χ3v) is 2.43. The monoisotopic (exact) mass is 192 g/mol. The molecular formula is C12H20N2. The first-order valence-corrected chi connectivity index (χ1v) is 5.30. The van der Waals surface area contributed by atoms with E-state index in [0.29, 0.717) is 0 Å². The lowest BCUT2D eigenvalue weighted by Crippen LogP contribution is -2.26. The fourth-order valence-corrected chi connectivity index (χ4v) is 1.42. The molecule has 0 saturated carbocycles. The van der Waals surface area contributed by atoms with E-state index in [1.807, 2.05) is 30.3 Å². The summed E-state index contributed by atoms with van der Waals surface area (Å²) in [6, 6.07) is 9.49. The third kappa shape index (κ3) is 4.87. The molecule has 0 spiro atoms. The lowest BCUT2D eigenvalue weighted by atomic mass is 10.0. The van der Waals surface area contributed by atoms with Gasteiger partial charge in [-0.05, 0) is 44.0 Å². The lowest BCUT2D eigenvalue weighted by Gasteiger charge is -2.17. The summed E-state index contributed by atoms with van der Waals surface area (Å²) in [5, 5.41) is 3.32. The first kappa shape index (κ1) is 11.1. The van der Waals surface area contributed by atoms with Crippen molar-refractivity contribution in [1.29, 1.82) is 0 Å². The zero-order chi connectivity index (χ0) is 10.2. The zero-order valence-electron chi connectivity index (χ0n) is 8.87. The Bertz CT molecular complexity index is 227. The van der Waals surface area contributed by atoms with Crippen molar-refractivity contribution in [2.75, 3.05) is 18.8 Å². The van der Waals surface area contributed by atoms with E-state index in [2.05, 4.69) is 12.2 Å². The number of piperidine rings is 1.